The Bertz CT molecular complexity index is 416. The van der Waals surface area contributed by atoms with Crippen molar-refractivity contribution in [3.05, 3.63) is 23.5 Å². The normalized spacial score (nSPS) is 12.3. The number of pyridine rings is 1. The van der Waals surface area contributed by atoms with Gasteiger partial charge in [-0.1, -0.05) is 20.8 Å². The van der Waals surface area contributed by atoms with E-state index in [0.29, 0.717) is 11.5 Å². The van der Waals surface area contributed by atoms with E-state index in [1.807, 2.05) is 20.0 Å². The zero-order valence-corrected chi connectivity index (χ0v) is 11.9. The summed E-state index contributed by atoms with van der Waals surface area (Å²) in [7, 11) is 1.81. The van der Waals surface area contributed by atoms with E-state index in [0.717, 1.165) is 17.8 Å². The molecule has 0 aliphatic carbocycles. The molecule has 1 amide bonds. The smallest absolute Gasteiger partial charge is 0.255 e. The molecule has 1 aromatic rings. The molecule has 1 atom stereocenters. The van der Waals surface area contributed by atoms with Crippen molar-refractivity contribution in [1.29, 1.82) is 0 Å². The fraction of sp³-hybridized carbons (Fsp3) is 0.571. The van der Waals surface area contributed by atoms with Crippen LogP contribution in [0.25, 0.3) is 0 Å². The third-order valence-electron chi connectivity index (χ3n) is 3.12. The molecule has 18 heavy (non-hydrogen) atoms. The van der Waals surface area contributed by atoms with Crippen LogP contribution in [0.4, 0.5) is 5.69 Å². The van der Waals surface area contributed by atoms with Crippen molar-refractivity contribution in [3.8, 4) is 0 Å². The molecule has 0 aliphatic heterocycles. The highest BCUT2D eigenvalue weighted by molar-refractivity contribution is 5.99. The molecule has 1 unspecified atom stereocenters. The minimum Gasteiger partial charge on any atom is -0.387 e. The van der Waals surface area contributed by atoms with Crippen LogP contribution in [0.2, 0.25) is 0 Å². The van der Waals surface area contributed by atoms with Gasteiger partial charge in [0.25, 0.3) is 5.91 Å². The Morgan fingerprint density at radius 1 is 1.44 bits per heavy atom. The second kappa shape index (κ2) is 6.38. The van der Waals surface area contributed by atoms with Gasteiger partial charge >= 0.3 is 0 Å². The monoisotopic (exact) mass is 249 g/mol. The summed E-state index contributed by atoms with van der Waals surface area (Å²) in [6.45, 7) is 8.21. The van der Waals surface area contributed by atoms with Crippen LogP contribution in [0, 0.1) is 12.8 Å². The van der Waals surface area contributed by atoms with Crippen LogP contribution < -0.4 is 10.6 Å². The summed E-state index contributed by atoms with van der Waals surface area (Å²) < 4.78 is 0. The van der Waals surface area contributed by atoms with Gasteiger partial charge in [-0.05, 0) is 25.3 Å². The Morgan fingerprint density at radius 3 is 2.61 bits per heavy atom. The third kappa shape index (κ3) is 3.45. The van der Waals surface area contributed by atoms with Crippen LogP contribution in [0.1, 0.15) is 43.2 Å². The van der Waals surface area contributed by atoms with Crippen molar-refractivity contribution < 1.29 is 4.79 Å². The van der Waals surface area contributed by atoms with Crippen LogP contribution in [0.3, 0.4) is 0 Å². The predicted molar refractivity (Wildman–Crippen MR) is 74.9 cm³/mol. The number of aromatic nitrogens is 1. The van der Waals surface area contributed by atoms with Gasteiger partial charge in [0.1, 0.15) is 0 Å². The Morgan fingerprint density at radius 2 is 2.11 bits per heavy atom. The second-order valence-electron chi connectivity index (χ2n) is 4.85. The molecule has 1 heterocycles. The molecule has 0 aromatic carbocycles. The van der Waals surface area contributed by atoms with Gasteiger partial charge in [-0.3, -0.25) is 9.78 Å². The number of carbonyl (C=O) groups excluding carboxylic acids is 1. The van der Waals surface area contributed by atoms with Crippen molar-refractivity contribution in [1.82, 2.24) is 10.3 Å². The maximum absolute atomic E-state index is 12.2. The number of nitrogens with zero attached hydrogens (tertiary/aromatic N) is 1. The standard InChI is InChI=1S/C14H23N3O/c1-6-12(9(2)3)17-14(18)11-8-16-10(4)7-13(11)15-5/h7-9,12H,6H2,1-5H3,(H,15,16)(H,17,18). The largest absolute Gasteiger partial charge is 0.387 e. The Balaban J connectivity index is 2.90. The molecular weight excluding hydrogens is 226 g/mol. The lowest BCUT2D eigenvalue weighted by atomic mass is 10.0. The first-order valence-electron chi connectivity index (χ1n) is 6.44. The molecular formula is C14H23N3O. The number of anilines is 1. The van der Waals surface area contributed by atoms with Crippen LogP contribution in [-0.4, -0.2) is 24.0 Å². The fourth-order valence-electron chi connectivity index (χ4n) is 1.93. The zero-order valence-electron chi connectivity index (χ0n) is 11.9. The van der Waals surface area contributed by atoms with Crippen molar-refractivity contribution in [3.63, 3.8) is 0 Å². The average Bonchev–Trinajstić information content (AvgIpc) is 2.34. The first-order valence-corrected chi connectivity index (χ1v) is 6.44. The van der Waals surface area contributed by atoms with Crippen LogP contribution >= 0.6 is 0 Å². The summed E-state index contributed by atoms with van der Waals surface area (Å²) in [4.78, 5) is 16.4. The fourth-order valence-corrected chi connectivity index (χ4v) is 1.93. The van der Waals surface area contributed by atoms with E-state index < -0.39 is 0 Å². The highest BCUT2D eigenvalue weighted by Gasteiger charge is 2.17. The average molecular weight is 249 g/mol. The van der Waals surface area contributed by atoms with E-state index in [9.17, 15) is 4.79 Å². The summed E-state index contributed by atoms with van der Waals surface area (Å²) in [5.41, 5.74) is 2.31. The summed E-state index contributed by atoms with van der Waals surface area (Å²) in [6, 6.07) is 2.08. The van der Waals surface area contributed by atoms with E-state index >= 15 is 0 Å². The lowest BCUT2D eigenvalue weighted by Crippen LogP contribution is -2.38. The molecule has 2 N–H and O–H groups in total. The van der Waals surface area contributed by atoms with Crippen LogP contribution in [0.15, 0.2) is 12.3 Å². The lowest BCUT2D eigenvalue weighted by molar-refractivity contribution is 0.0925. The predicted octanol–water partition coefficient (Wildman–Crippen LogP) is 2.60. The van der Waals surface area contributed by atoms with Crippen molar-refractivity contribution >= 4 is 11.6 Å². The van der Waals surface area contributed by atoms with E-state index in [-0.39, 0.29) is 11.9 Å². The van der Waals surface area contributed by atoms with E-state index in [1.165, 1.54) is 0 Å². The lowest BCUT2D eigenvalue weighted by Gasteiger charge is -2.21. The highest BCUT2D eigenvalue weighted by atomic mass is 16.1. The number of nitrogens with one attached hydrogen (secondary N) is 2. The third-order valence-corrected chi connectivity index (χ3v) is 3.12. The van der Waals surface area contributed by atoms with Gasteiger partial charge in [0.05, 0.1) is 11.3 Å². The summed E-state index contributed by atoms with van der Waals surface area (Å²) >= 11 is 0. The highest BCUT2D eigenvalue weighted by Crippen LogP contribution is 2.16. The van der Waals surface area contributed by atoms with Crippen molar-refractivity contribution in [2.24, 2.45) is 5.92 Å². The van der Waals surface area contributed by atoms with Crippen LogP contribution in [-0.2, 0) is 0 Å². The van der Waals surface area contributed by atoms with Gasteiger partial charge in [-0.2, -0.15) is 0 Å². The van der Waals surface area contributed by atoms with Crippen molar-refractivity contribution in [2.75, 3.05) is 12.4 Å². The van der Waals surface area contributed by atoms with Gasteiger partial charge in [-0.15, -0.1) is 0 Å². The van der Waals surface area contributed by atoms with E-state index in [1.54, 1.807) is 6.20 Å². The Kier molecular flexibility index (Phi) is 5.13. The van der Waals surface area contributed by atoms with Gasteiger partial charge < -0.3 is 10.6 Å². The molecule has 0 aliphatic rings. The van der Waals surface area contributed by atoms with E-state index in [4.69, 9.17) is 0 Å². The van der Waals surface area contributed by atoms with Gasteiger partial charge in [0.2, 0.25) is 0 Å². The van der Waals surface area contributed by atoms with Gasteiger partial charge in [0, 0.05) is 25.0 Å². The molecule has 0 saturated carbocycles. The van der Waals surface area contributed by atoms with Crippen molar-refractivity contribution in [2.45, 2.75) is 40.2 Å². The molecule has 1 aromatic heterocycles. The summed E-state index contributed by atoms with van der Waals surface area (Å²) in [5.74, 6) is 0.364. The Hall–Kier alpha value is -1.58. The second-order valence-corrected chi connectivity index (χ2v) is 4.85. The van der Waals surface area contributed by atoms with Gasteiger partial charge in [0.15, 0.2) is 0 Å². The molecule has 4 heteroatoms. The van der Waals surface area contributed by atoms with E-state index in [2.05, 4.69) is 36.4 Å². The maximum Gasteiger partial charge on any atom is 0.255 e. The molecule has 0 radical (unpaired) electrons. The minimum absolute atomic E-state index is 0.0626. The first kappa shape index (κ1) is 14.5. The maximum atomic E-state index is 12.2. The number of carbonyl (C=O) groups is 1. The Labute approximate surface area is 109 Å². The van der Waals surface area contributed by atoms with Crippen LogP contribution in [0.5, 0.6) is 0 Å². The molecule has 4 nitrogen and oxygen atoms in total. The molecule has 0 saturated heterocycles. The minimum atomic E-state index is -0.0626. The molecule has 100 valence electrons. The number of rotatable bonds is 5. The number of hydrogen-bond acceptors (Lipinski definition) is 3. The quantitative estimate of drug-likeness (QED) is 0.843. The first-order chi connectivity index (χ1) is 8.49. The molecule has 0 spiro atoms. The summed E-state index contributed by atoms with van der Waals surface area (Å²) in [5, 5.41) is 6.09. The number of hydrogen-bond donors (Lipinski definition) is 2. The SMILES string of the molecule is CCC(NC(=O)c1cnc(C)cc1NC)C(C)C. The molecule has 0 bridgehead atoms. The summed E-state index contributed by atoms with van der Waals surface area (Å²) in [6.07, 6.45) is 2.56. The zero-order chi connectivity index (χ0) is 13.7. The number of aryl methyl sites for hydroxylation is 1. The van der Waals surface area contributed by atoms with Gasteiger partial charge in [-0.25, -0.2) is 0 Å². The molecule has 1 rings (SSSR count). The number of amides is 1. The topological polar surface area (TPSA) is 54.0 Å². The molecule has 0 fully saturated rings.